The van der Waals surface area contributed by atoms with Gasteiger partial charge in [0.15, 0.2) is 0 Å². The second kappa shape index (κ2) is 8.52. The van der Waals surface area contributed by atoms with Crippen LogP contribution in [-0.4, -0.2) is 56.0 Å². The van der Waals surface area contributed by atoms with E-state index in [1.54, 1.807) is 18.2 Å². The summed E-state index contributed by atoms with van der Waals surface area (Å²) in [6, 6.07) is 5.25. The number of rotatable bonds is 8. The van der Waals surface area contributed by atoms with Gasteiger partial charge < -0.3 is 20.3 Å². The summed E-state index contributed by atoms with van der Waals surface area (Å²) in [5, 5.41) is 0. The number of nitrogens with zero attached hydrogens (tertiary/aromatic N) is 2. The molecule has 0 aliphatic carbocycles. The average molecular weight is 293 g/mol. The first-order valence-corrected chi connectivity index (χ1v) is 7.45. The lowest BCUT2D eigenvalue weighted by atomic mass is 10.1. The van der Waals surface area contributed by atoms with Crippen LogP contribution >= 0.6 is 0 Å². The van der Waals surface area contributed by atoms with Crippen molar-refractivity contribution in [2.75, 3.05) is 46.1 Å². The Morgan fingerprint density at radius 1 is 1.19 bits per heavy atom. The highest BCUT2D eigenvalue weighted by atomic mass is 16.5. The molecule has 0 spiro atoms. The van der Waals surface area contributed by atoms with E-state index in [1.165, 1.54) is 0 Å². The number of nitrogen functional groups attached to an aromatic ring is 1. The van der Waals surface area contributed by atoms with E-state index in [2.05, 4.69) is 11.8 Å². The Bertz CT molecular complexity index is 461. The molecule has 21 heavy (non-hydrogen) atoms. The van der Waals surface area contributed by atoms with E-state index in [0.29, 0.717) is 30.2 Å². The van der Waals surface area contributed by atoms with Crippen LogP contribution in [0.4, 0.5) is 5.69 Å². The van der Waals surface area contributed by atoms with Gasteiger partial charge >= 0.3 is 0 Å². The van der Waals surface area contributed by atoms with Crippen LogP contribution in [0, 0.1) is 0 Å². The Labute approximate surface area is 127 Å². The molecule has 1 amide bonds. The molecular formula is C16H27N3O2. The highest BCUT2D eigenvalue weighted by Gasteiger charge is 2.16. The van der Waals surface area contributed by atoms with Crippen LogP contribution < -0.4 is 10.5 Å². The predicted molar refractivity (Wildman–Crippen MR) is 86.8 cm³/mol. The van der Waals surface area contributed by atoms with Crippen molar-refractivity contribution in [3.63, 3.8) is 0 Å². The molecule has 1 aromatic rings. The van der Waals surface area contributed by atoms with E-state index < -0.39 is 0 Å². The molecule has 0 heterocycles. The third kappa shape index (κ3) is 5.27. The molecule has 0 fully saturated rings. The Hall–Kier alpha value is -1.75. The standard InChI is InChI=1S/C16H27N3O2/c1-5-9-19(11-10-18(3)4)16(20)13-7-8-15(21-6-2)14(17)12-13/h7-8,12H,5-6,9-11,17H2,1-4H3. The van der Waals surface area contributed by atoms with Gasteiger partial charge in [-0.15, -0.1) is 0 Å². The molecule has 0 atom stereocenters. The van der Waals surface area contributed by atoms with Crippen LogP contribution in [0.15, 0.2) is 18.2 Å². The van der Waals surface area contributed by atoms with Gasteiger partial charge in [-0.3, -0.25) is 4.79 Å². The lowest BCUT2D eigenvalue weighted by Gasteiger charge is -2.24. The van der Waals surface area contributed by atoms with Crippen molar-refractivity contribution in [2.24, 2.45) is 0 Å². The van der Waals surface area contributed by atoms with Gasteiger partial charge in [0, 0.05) is 25.2 Å². The number of carbonyl (C=O) groups is 1. The van der Waals surface area contributed by atoms with Crippen molar-refractivity contribution in [2.45, 2.75) is 20.3 Å². The van der Waals surface area contributed by atoms with Crippen molar-refractivity contribution in [3.8, 4) is 5.75 Å². The molecule has 0 aliphatic rings. The van der Waals surface area contributed by atoms with Crippen LogP contribution in [0.1, 0.15) is 30.6 Å². The molecule has 1 rings (SSSR count). The van der Waals surface area contributed by atoms with E-state index >= 15 is 0 Å². The molecule has 0 aliphatic heterocycles. The summed E-state index contributed by atoms with van der Waals surface area (Å²) in [5.74, 6) is 0.651. The van der Waals surface area contributed by atoms with Gasteiger partial charge in [0.25, 0.3) is 5.91 Å². The summed E-state index contributed by atoms with van der Waals surface area (Å²) in [4.78, 5) is 16.5. The minimum Gasteiger partial charge on any atom is -0.492 e. The molecule has 0 saturated carbocycles. The first-order chi connectivity index (χ1) is 9.99. The molecule has 2 N–H and O–H groups in total. The normalized spacial score (nSPS) is 10.7. The molecule has 1 aromatic carbocycles. The monoisotopic (exact) mass is 293 g/mol. The SMILES string of the molecule is CCCN(CCN(C)C)C(=O)c1ccc(OCC)c(N)c1. The van der Waals surface area contributed by atoms with E-state index in [1.807, 2.05) is 25.9 Å². The highest BCUT2D eigenvalue weighted by Crippen LogP contribution is 2.23. The van der Waals surface area contributed by atoms with Crippen LogP contribution in [0.3, 0.4) is 0 Å². The van der Waals surface area contributed by atoms with Crippen molar-refractivity contribution >= 4 is 11.6 Å². The lowest BCUT2D eigenvalue weighted by Crippen LogP contribution is -2.37. The number of likely N-dealkylation sites (N-methyl/N-ethyl adjacent to an activating group) is 1. The third-order valence-corrected chi connectivity index (χ3v) is 3.15. The van der Waals surface area contributed by atoms with Crippen molar-refractivity contribution < 1.29 is 9.53 Å². The zero-order valence-corrected chi connectivity index (χ0v) is 13.6. The molecule has 0 unspecified atom stereocenters. The van der Waals surface area contributed by atoms with Gasteiger partial charge in [-0.1, -0.05) is 6.92 Å². The van der Waals surface area contributed by atoms with E-state index in [-0.39, 0.29) is 5.91 Å². The second-order valence-corrected chi connectivity index (χ2v) is 5.28. The summed E-state index contributed by atoms with van der Waals surface area (Å²) in [6.07, 6.45) is 0.936. The molecule has 5 heteroatoms. The molecule has 118 valence electrons. The lowest BCUT2D eigenvalue weighted by molar-refractivity contribution is 0.0745. The largest absolute Gasteiger partial charge is 0.492 e. The summed E-state index contributed by atoms with van der Waals surface area (Å²) in [6.45, 7) is 6.85. The average Bonchev–Trinajstić information content (AvgIpc) is 2.45. The number of benzene rings is 1. The molecule has 0 radical (unpaired) electrons. The minimum atomic E-state index is 0.0217. The van der Waals surface area contributed by atoms with Crippen LogP contribution in [-0.2, 0) is 0 Å². The third-order valence-electron chi connectivity index (χ3n) is 3.15. The van der Waals surface area contributed by atoms with Gasteiger partial charge in [-0.05, 0) is 45.6 Å². The smallest absolute Gasteiger partial charge is 0.253 e. The number of nitrogens with two attached hydrogens (primary N) is 1. The van der Waals surface area contributed by atoms with Crippen molar-refractivity contribution in [3.05, 3.63) is 23.8 Å². The Morgan fingerprint density at radius 3 is 2.43 bits per heavy atom. The zero-order chi connectivity index (χ0) is 15.8. The topological polar surface area (TPSA) is 58.8 Å². The Balaban J connectivity index is 2.85. The quantitative estimate of drug-likeness (QED) is 0.746. The first kappa shape index (κ1) is 17.3. The van der Waals surface area contributed by atoms with E-state index in [0.717, 1.165) is 19.5 Å². The van der Waals surface area contributed by atoms with E-state index in [9.17, 15) is 4.79 Å². The molecule has 5 nitrogen and oxygen atoms in total. The number of amides is 1. The number of hydrogen-bond donors (Lipinski definition) is 1. The van der Waals surface area contributed by atoms with Gasteiger partial charge in [-0.2, -0.15) is 0 Å². The van der Waals surface area contributed by atoms with Crippen molar-refractivity contribution in [1.82, 2.24) is 9.80 Å². The van der Waals surface area contributed by atoms with Crippen LogP contribution in [0.2, 0.25) is 0 Å². The molecular weight excluding hydrogens is 266 g/mol. The van der Waals surface area contributed by atoms with Gasteiger partial charge in [-0.25, -0.2) is 0 Å². The molecule has 0 aromatic heterocycles. The molecule has 0 saturated heterocycles. The maximum absolute atomic E-state index is 12.6. The maximum Gasteiger partial charge on any atom is 0.253 e. The fraction of sp³-hybridized carbons (Fsp3) is 0.562. The fourth-order valence-electron chi connectivity index (χ4n) is 2.06. The maximum atomic E-state index is 12.6. The van der Waals surface area contributed by atoms with Gasteiger partial charge in [0.1, 0.15) is 5.75 Å². The summed E-state index contributed by atoms with van der Waals surface area (Å²) in [7, 11) is 4.01. The minimum absolute atomic E-state index is 0.0217. The highest BCUT2D eigenvalue weighted by molar-refractivity contribution is 5.95. The number of anilines is 1. The zero-order valence-electron chi connectivity index (χ0n) is 13.6. The van der Waals surface area contributed by atoms with E-state index in [4.69, 9.17) is 10.5 Å². The van der Waals surface area contributed by atoms with Crippen LogP contribution in [0.5, 0.6) is 5.75 Å². The number of hydrogen-bond acceptors (Lipinski definition) is 4. The van der Waals surface area contributed by atoms with Gasteiger partial charge in [0.2, 0.25) is 0 Å². The fourth-order valence-corrected chi connectivity index (χ4v) is 2.06. The summed E-state index contributed by atoms with van der Waals surface area (Å²) < 4.78 is 5.40. The Morgan fingerprint density at radius 2 is 1.90 bits per heavy atom. The van der Waals surface area contributed by atoms with Crippen molar-refractivity contribution in [1.29, 1.82) is 0 Å². The number of carbonyl (C=O) groups excluding carboxylic acids is 1. The Kier molecular flexibility index (Phi) is 7.02. The van der Waals surface area contributed by atoms with Gasteiger partial charge in [0.05, 0.1) is 12.3 Å². The first-order valence-electron chi connectivity index (χ1n) is 7.45. The summed E-state index contributed by atoms with van der Waals surface area (Å²) >= 11 is 0. The number of ether oxygens (including phenoxy) is 1. The summed E-state index contributed by atoms with van der Waals surface area (Å²) in [5.41, 5.74) is 7.06. The predicted octanol–water partition coefficient (Wildman–Crippen LogP) is 2.08. The molecule has 0 bridgehead atoms. The second-order valence-electron chi connectivity index (χ2n) is 5.28. The van der Waals surface area contributed by atoms with Crippen LogP contribution in [0.25, 0.3) is 0 Å².